The Morgan fingerprint density at radius 2 is 2.31 bits per heavy atom. The molecular formula is C9H10N2O5. The number of aromatic nitrogens is 2. The first-order chi connectivity index (χ1) is 7.69. The van der Waals surface area contributed by atoms with E-state index in [4.69, 9.17) is 9.62 Å². The zero-order valence-electron chi connectivity index (χ0n) is 8.34. The molecule has 0 bridgehead atoms. The average molecular weight is 226 g/mol. The van der Waals surface area contributed by atoms with Gasteiger partial charge in [0, 0.05) is 18.7 Å². The quantitative estimate of drug-likeness (QED) is 0.653. The standard InChI is InChI=1S/C9H10N2O5/c12-6-2-4-11(8(13)10-6)7-1-3-9(15-7)5-14-16-9/h2,4,7H,1,3,5H2,(H,10,12,13). The molecule has 0 amide bonds. The van der Waals surface area contributed by atoms with Gasteiger partial charge in [-0.1, -0.05) is 0 Å². The SMILES string of the molecule is O=c1ccn(C2CCC3(COO3)O2)c(=O)[nH]1. The van der Waals surface area contributed by atoms with E-state index in [0.717, 1.165) is 0 Å². The van der Waals surface area contributed by atoms with Gasteiger partial charge in [0.25, 0.3) is 5.56 Å². The van der Waals surface area contributed by atoms with Crippen molar-refractivity contribution in [2.24, 2.45) is 0 Å². The summed E-state index contributed by atoms with van der Waals surface area (Å²) in [5.74, 6) is -0.694. The molecule has 7 nitrogen and oxygen atoms in total. The Kier molecular flexibility index (Phi) is 2.00. The van der Waals surface area contributed by atoms with Gasteiger partial charge < -0.3 is 4.74 Å². The van der Waals surface area contributed by atoms with Crippen LogP contribution in [-0.2, 0) is 14.5 Å². The molecule has 2 saturated heterocycles. The molecule has 7 heteroatoms. The van der Waals surface area contributed by atoms with Crippen LogP contribution >= 0.6 is 0 Å². The maximum atomic E-state index is 11.5. The van der Waals surface area contributed by atoms with Gasteiger partial charge in [0.2, 0.25) is 5.79 Å². The molecule has 86 valence electrons. The van der Waals surface area contributed by atoms with Gasteiger partial charge in [-0.2, -0.15) is 4.89 Å². The number of ether oxygens (including phenoxy) is 1. The van der Waals surface area contributed by atoms with Crippen LogP contribution in [0.1, 0.15) is 19.1 Å². The third kappa shape index (κ3) is 1.41. The molecule has 0 aromatic carbocycles. The highest BCUT2D eigenvalue weighted by atomic mass is 17.3. The van der Waals surface area contributed by atoms with Crippen molar-refractivity contribution < 1.29 is 14.5 Å². The Labute approximate surface area is 89.5 Å². The summed E-state index contributed by atoms with van der Waals surface area (Å²) in [6.07, 6.45) is 2.33. The minimum absolute atomic E-state index is 0.377. The second-order valence-corrected chi connectivity index (χ2v) is 3.88. The number of hydrogen-bond donors (Lipinski definition) is 1. The van der Waals surface area contributed by atoms with Crippen LogP contribution in [0, 0.1) is 0 Å². The maximum absolute atomic E-state index is 11.5. The van der Waals surface area contributed by atoms with Crippen LogP contribution < -0.4 is 11.2 Å². The first kappa shape index (κ1) is 9.76. The van der Waals surface area contributed by atoms with Gasteiger partial charge >= 0.3 is 5.69 Å². The second kappa shape index (κ2) is 3.27. The third-order valence-corrected chi connectivity index (χ3v) is 2.77. The highest BCUT2D eigenvalue weighted by Gasteiger charge is 2.50. The number of hydrogen-bond acceptors (Lipinski definition) is 5. The lowest BCUT2D eigenvalue weighted by molar-refractivity contribution is -0.534. The second-order valence-electron chi connectivity index (χ2n) is 3.88. The molecule has 2 unspecified atom stereocenters. The molecule has 1 N–H and O–H groups in total. The summed E-state index contributed by atoms with van der Waals surface area (Å²) in [6, 6.07) is 1.29. The van der Waals surface area contributed by atoms with E-state index in [2.05, 4.69) is 9.87 Å². The first-order valence-corrected chi connectivity index (χ1v) is 4.98. The van der Waals surface area contributed by atoms with Gasteiger partial charge in [0.15, 0.2) is 0 Å². The fourth-order valence-corrected chi connectivity index (χ4v) is 1.92. The molecule has 2 aliphatic heterocycles. The Balaban J connectivity index is 1.88. The first-order valence-electron chi connectivity index (χ1n) is 4.98. The van der Waals surface area contributed by atoms with Crippen molar-refractivity contribution in [2.45, 2.75) is 24.9 Å². The normalized spacial score (nSPS) is 32.9. The smallest absolute Gasteiger partial charge is 0.321 e. The molecular weight excluding hydrogens is 216 g/mol. The topological polar surface area (TPSA) is 82.5 Å². The van der Waals surface area contributed by atoms with Crippen molar-refractivity contribution in [1.29, 1.82) is 0 Å². The lowest BCUT2D eigenvalue weighted by Gasteiger charge is -2.35. The highest BCUT2D eigenvalue weighted by Crippen LogP contribution is 2.41. The van der Waals surface area contributed by atoms with Gasteiger partial charge in [0.05, 0.1) is 0 Å². The summed E-state index contributed by atoms with van der Waals surface area (Å²) in [7, 11) is 0. The van der Waals surface area contributed by atoms with Crippen LogP contribution in [0.4, 0.5) is 0 Å². The summed E-state index contributed by atoms with van der Waals surface area (Å²) in [6.45, 7) is 0.377. The number of aromatic amines is 1. The minimum Gasteiger partial charge on any atom is -0.321 e. The maximum Gasteiger partial charge on any atom is 0.330 e. The third-order valence-electron chi connectivity index (χ3n) is 2.77. The van der Waals surface area contributed by atoms with E-state index in [1.54, 1.807) is 0 Å². The van der Waals surface area contributed by atoms with Crippen molar-refractivity contribution in [2.75, 3.05) is 6.61 Å². The van der Waals surface area contributed by atoms with E-state index in [0.29, 0.717) is 19.4 Å². The average Bonchev–Trinajstić information content (AvgIpc) is 2.62. The largest absolute Gasteiger partial charge is 0.330 e. The van der Waals surface area contributed by atoms with Crippen molar-refractivity contribution in [1.82, 2.24) is 9.55 Å². The van der Waals surface area contributed by atoms with Crippen molar-refractivity contribution >= 4 is 0 Å². The van der Waals surface area contributed by atoms with Crippen molar-refractivity contribution in [3.8, 4) is 0 Å². The zero-order valence-corrected chi connectivity index (χ0v) is 8.34. The Morgan fingerprint density at radius 1 is 1.50 bits per heavy atom. The van der Waals surface area contributed by atoms with Gasteiger partial charge in [-0.15, -0.1) is 0 Å². The Morgan fingerprint density at radius 3 is 2.88 bits per heavy atom. The molecule has 1 aromatic rings. The molecule has 0 aliphatic carbocycles. The van der Waals surface area contributed by atoms with Gasteiger partial charge in [0.1, 0.15) is 12.8 Å². The van der Waals surface area contributed by atoms with Gasteiger partial charge in [-0.05, 0) is 6.42 Å². The summed E-state index contributed by atoms with van der Waals surface area (Å²) < 4.78 is 6.93. The fraction of sp³-hybridized carbons (Fsp3) is 0.556. The van der Waals surface area contributed by atoms with E-state index in [1.165, 1.54) is 16.8 Å². The van der Waals surface area contributed by atoms with Crippen LogP contribution in [0.15, 0.2) is 21.9 Å². The van der Waals surface area contributed by atoms with E-state index >= 15 is 0 Å². The molecule has 2 atom stereocenters. The lowest BCUT2D eigenvalue weighted by Crippen LogP contribution is -2.47. The number of rotatable bonds is 1. The van der Waals surface area contributed by atoms with E-state index in [1.807, 2.05) is 0 Å². The summed E-state index contributed by atoms with van der Waals surface area (Å²) in [5, 5.41) is 0. The molecule has 2 aliphatic rings. The van der Waals surface area contributed by atoms with Crippen LogP contribution in [-0.4, -0.2) is 21.9 Å². The number of nitrogens with zero attached hydrogens (tertiary/aromatic N) is 1. The highest BCUT2D eigenvalue weighted by molar-refractivity contribution is 4.88. The molecule has 0 radical (unpaired) electrons. The van der Waals surface area contributed by atoms with E-state index in [-0.39, 0.29) is 0 Å². The Hall–Kier alpha value is -1.44. The summed E-state index contributed by atoms with van der Waals surface area (Å²) >= 11 is 0. The molecule has 2 fully saturated rings. The fourth-order valence-electron chi connectivity index (χ4n) is 1.92. The Bertz CT molecular complexity index is 515. The molecule has 1 spiro atoms. The lowest BCUT2D eigenvalue weighted by atomic mass is 10.2. The molecule has 16 heavy (non-hydrogen) atoms. The number of H-pyrrole nitrogens is 1. The van der Waals surface area contributed by atoms with Crippen LogP contribution in [0.5, 0.6) is 0 Å². The molecule has 0 saturated carbocycles. The molecule has 3 rings (SSSR count). The summed E-state index contributed by atoms with van der Waals surface area (Å²) in [4.78, 5) is 34.1. The zero-order chi connectivity index (χ0) is 11.2. The van der Waals surface area contributed by atoms with Crippen molar-refractivity contribution in [3.05, 3.63) is 33.1 Å². The number of nitrogens with one attached hydrogen (secondary N) is 1. The van der Waals surface area contributed by atoms with Gasteiger partial charge in [-0.25, -0.2) is 9.68 Å². The molecule has 1 aromatic heterocycles. The van der Waals surface area contributed by atoms with Crippen molar-refractivity contribution in [3.63, 3.8) is 0 Å². The molecule has 3 heterocycles. The van der Waals surface area contributed by atoms with Crippen LogP contribution in [0.3, 0.4) is 0 Å². The summed E-state index contributed by atoms with van der Waals surface area (Å²) in [5.41, 5.74) is -0.896. The predicted molar refractivity (Wildman–Crippen MR) is 50.4 cm³/mol. The van der Waals surface area contributed by atoms with E-state index in [9.17, 15) is 9.59 Å². The van der Waals surface area contributed by atoms with Crippen LogP contribution in [0.2, 0.25) is 0 Å². The van der Waals surface area contributed by atoms with Gasteiger partial charge in [-0.3, -0.25) is 14.3 Å². The van der Waals surface area contributed by atoms with Crippen LogP contribution in [0.25, 0.3) is 0 Å². The van der Waals surface area contributed by atoms with E-state index < -0.39 is 23.3 Å². The monoisotopic (exact) mass is 226 g/mol. The predicted octanol–water partition coefficient (Wildman–Crippen LogP) is -0.496. The minimum atomic E-state index is -0.694.